The van der Waals surface area contributed by atoms with E-state index >= 15 is 0 Å². The second-order valence-corrected chi connectivity index (χ2v) is 13.4. The van der Waals surface area contributed by atoms with E-state index in [4.69, 9.17) is 19.9 Å². The first-order valence-electron chi connectivity index (χ1n) is 17.3. The number of benzene rings is 4. The third kappa shape index (κ3) is 4.83. The fraction of sp³-hybridized carbons (Fsp3) is 0.0870. The Morgan fingerprint density at radius 3 is 2.08 bits per heavy atom. The van der Waals surface area contributed by atoms with Crippen LogP contribution < -0.4 is 0 Å². The first-order valence-corrected chi connectivity index (χ1v) is 17.3. The maximum Gasteiger partial charge on any atom is 0.164 e. The van der Waals surface area contributed by atoms with Gasteiger partial charge in [0, 0.05) is 57.5 Å². The molecule has 4 nitrogen and oxygen atoms in total. The van der Waals surface area contributed by atoms with E-state index in [-0.39, 0.29) is 17.8 Å². The smallest absolute Gasteiger partial charge is 0.164 e. The summed E-state index contributed by atoms with van der Waals surface area (Å²) in [6, 6.07) is 36.3. The van der Waals surface area contributed by atoms with Crippen LogP contribution >= 0.6 is 0 Å². The Hall–Kier alpha value is -6.26. The lowest BCUT2D eigenvalue weighted by Gasteiger charge is -2.32. The highest BCUT2D eigenvalue weighted by atomic mass is 15.0. The molecule has 2 aromatic heterocycles. The molecule has 236 valence electrons. The quantitative estimate of drug-likeness (QED) is 0.192. The molecule has 6 aromatic rings. The second-order valence-electron chi connectivity index (χ2n) is 13.4. The standard InChI is InChI=1S/C46H32N4/c1-4-14-35-31(11-1)26-41(39-18-8-6-16-37(35)39)45-48-44(30-23-21-29(22-24-30)34-25-33-13-3-10-20-43(33)47-28-34)49-46(50-45)42-27-32-12-2-5-15-36(32)38-17-7-9-19-40(38)42/h1-28,31,35,38,40H. The van der Waals surface area contributed by atoms with Crippen LogP contribution in [-0.4, -0.2) is 19.9 Å². The minimum atomic E-state index is 0.129. The Balaban J connectivity index is 1.14. The summed E-state index contributed by atoms with van der Waals surface area (Å²) in [5.41, 5.74) is 11.3. The fourth-order valence-corrected chi connectivity index (χ4v) is 8.02. The van der Waals surface area contributed by atoms with Gasteiger partial charge in [-0.15, -0.1) is 0 Å². The molecule has 0 saturated carbocycles. The summed E-state index contributed by atoms with van der Waals surface area (Å²) >= 11 is 0. The Morgan fingerprint density at radius 2 is 1.18 bits per heavy atom. The normalized spacial score (nSPS) is 21.1. The molecule has 0 aliphatic heterocycles. The van der Waals surface area contributed by atoms with Gasteiger partial charge in [-0.1, -0.05) is 146 Å². The minimum absolute atomic E-state index is 0.129. The zero-order valence-electron chi connectivity index (χ0n) is 27.3. The molecule has 0 saturated heterocycles. The zero-order valence-corrected chi connectivity index (χ0v) is 27.3. The molecule has 4 atom stereocenters. The van der Waals surface area contributed by atoms with Gasteiger partial charge in [0.2, 0.25) is 0 Å². The van der Waals surface area contributed by atoms with Crippen LogP contribution in [0, 0.1) is 11.8 Å². The number of fused-ring (bicyclic) bond motifs is 7. The van der Waals surface area contributed by atoms with Crippen molar-refractivity contribution in [1.29, 1.82) is 0 Å². The summed E-state index contributed by atoms with van der Waals surface area (Å²) in [6.45, 7) is 0. The lowest BCUT2D eigenvalue weighted by Crippen LogP contribution is -2.20. The number of allylic oxidation sites excluding steroid dienone is 10. The van der Waals surface area contributed by atoms with E-state index in [0.717, 1.165) is 44.6 Å². The summed E-state index contributed by atoms with van der Waals surface area (Å²) in [6.07, 6.45) is 24.4. The van der Waals surface area contributed by atoms with Crippen LogP contribution in [0.25, 0.3) is 50.6 Å². The molecule has 4 aromatic carbocycles. The van der Waals surface area contributed by atoms with Crippen LogP contribution in [0.3, 0.4) is 0 Å². The van der Waals surface area contributed by atoms with Gasteiger partial charge in [0.15, 0.2) is 17.5 Å². The van der Waals surface area contributed by atoms with Crippen molar-refractivity contribution in [2.45, 2.75) is 11.8 Å². The zero-order chi connectivity index (χ0) is 33.0. The molecule has 4 aliphatic rings. The van der Waals surface area contributed by atoms with Gasteiger partial charge in [0.05, 0.1) is 5.52 Å². The molecule has 4 aliphatic carbocycles. The van der Waals surface area contributed by atoms with Crippen molar-refractivity contribution in [1.82, 2.24) is 19.9 Å². The number of nitrogens with zero attached hydrogens (tertiary/aromatic N) is 4. The summed E-state index contributed by atoms with van der Waals surface area (Å²) in [7, 11) is 0. The molecule has 4 unspecified atom stereocenters. The second kappa shape index (κ2) is 11.7. The number of aromatic nitrogens is 4. The Morgan fingerprint density at radius 1 is 0.500 bits per heavy atom. The van der Waals surface area contributed by atoms with Gasteiger partial charge in [-0.25, -0.2) is 15.0 Å². The molecule has 50 heavy (non-hydrogen) atoms. The molecule has 0 amide bonds. The van der Waals surface area contributed by atoms with Gasteiger partial charge in [-0.3, -0.25) is 4.98 Å². The fourth-order valence-electron chi connectivity index (χ4n) is 8.02. The van der Waals surface area contributed by atoms with Crippen LogP contribution in [0.5, 0.6) is 0 Å². The third-order valence-corrected chi connectivity index (χ3v) is 10.5. The first kappa shape index (κ1) is 28.7. The van der Waals surface area contributed by atoms with Gasteiger partial charge in [0.25, 0.3) is 0 Å². The van der Waals surface area contributed by atoms with Crippen molar-refractivity contribution in [3.63, 3.8) is 0 Å². The van der Waals surface area contributed by atoms with E-state index in [9.17, 15) is 0 Å². The molecule has 0 N–H and O–H groups in total. The summed E-state index contributed by atoms with van der Waals surface area (Å²) < 4.78 is 0. The Kier molecular flexibility index (Phi) is 6.73. The predicted molar refractivity (Wildman–Crippen MR) is 203 cm³/mol. The molecule has 4 heteroatoms. The molecule has 10 rings (SSSR count). The van der Waals surface area contributed by atoms with E-state index in [1.165, 1.54) is 22.3 Å². The summed E-state index contributed by atoms with van der Waals surface area (Å²) in [5.74, 6) is 2.98. The molecular weight excluding hydrogens is 609 g/mol. The highest BCUT2D eigenvalue weighted by Crippen LogP contribution is 2.46. The number of hydrogen-bond donors (Lipinski definition) is 0. The van der Waals surface area contributed by atoms with Gasteiger partial charge in [-0.05, 0) is 46.0 Å². The molecule has 0 bridgehead atoms. The topological polar surface area (TPSA) is 51.6 Å². The summed E-state index contributed by atoms with van der Waals surface area (Å²) in [5, 5.41) is 1.12. The molecule has 0 radical (unpaired) electrons. The highest BCUT2D eigenvalue weighted by molar-refractivity contribution is 5.88. The number of rotatable bonds is 4. The maximum absolute atomic E-state index is 5.33. The van der Waals surface area contributed by atoms with E-state index < -0.39 is 0 Å². The van der Waals surface area contributed by atoms with Crippen LogP contribution in [0.4, 0.5) is 0 Å². The van der Waals surface area contributed by atoms with Crippen LogP contribution in [0.1, 0.15) is 45.7 Å². The highest BCUT2D eigenvalue weighted by Gasteiger charge is 2.33. The van der Waals surface area contributed by atoms with Gasteiger partial charge in [0.1, 0.15) is 0 Å². The Bertz CT molecular complexity index is 2510. The van der Waals surface area contributed by atoms with Gasteiger partial charge >= 0.3 is 0 Å². The minimum Gasteiger partial charge on any atom is -0.256 e. The largest absolute Gasteiger partial charge is 0.256 e. The van der Waals surface area contributed by atoms with E-state index in [1.807, 2.05) is 18.3 Å². The van der Waals surface area contributed by atoms with Gasteiger partial charge in [-0.2, -0.15) is 0 Å². The van der Waals surface area contributed by atoms with E-state index in [1.54, 1.807) is 0 Å². The lowest BCUT2D eigenvalue weighted by molar-refractivity contribution is 0.686. The lowest BCUT2D eigenvalue weighted by atomic mass is 9.72. The van der Waals surface area contributed by atoms with Crippen LogP contribution in [0.15, 0.2) is 164 Å². The van der Waals surface area contributed by atoms with Crippen molar-refractivity contribution in [2.75, 3.05) is 0 Å². The Labute approximate surface area is 291 Å². The first-order chi connectivity index (χ1) is 24.8. The van der Waals surface area contributed by atoms with Crippen molar-refractivity contribution in [3.05, 3.63) is 198 Å². The van der Waals surface area contributed by atoms with E-state index in [0.29, 0.717) is 17.6 Å². The SMILES string of the molecule is C1=CC2C=C(c3nc(C4=Cc5ccccc5C5C=CC=CC45)nc(-c4ccc(-c5cnc6ccccc6c5)cc4)n3)c3ccccc3C2C=C1. The van der Waals surface area contributed by atoms with Crippen molar-refractivity contribution >= 4 is 28.1 Å². The monoisotopic (exact) mass is 640 g/mol. The average molecular weight is 641 g/mol. The van der Waals surface area contributed by atoms with E-state index in [2.05, 4.69) is 152 Å². The maximum atomic E-state index is 5.33. The van der Waals surface area contributed by atoms with Crippen molar-refractivity contribution in [3.8, 4) is 22.5 Å². The molecule has 2 heterocycles. The molecule has 0 fully saturated rings. The predicted octanol–water partition coefficient (Wildman–Crippen LogP) is 10.4. The average Bonchev–Trinajstić information content (AvgIpc) is 3.20. The van der Waals surface area contributed by atoms with Crippen LogP contribution in [0.2, 0.25) is 0 Å². The number of hydrogen-bond acceptors (Lipinski definition) is 4. The van der Waals surface area contributed by atoms with Crippen molar-refractivity contribution < 1.29 is 0 Å². The molecular formula is C46H32N4. The van der Waals surface area contributed by atoms with Crippen LogP contribution in [-0.2, 0) is 0 Å². The summed E-state index contributed by atoms with van der Waals surface area (Å²) in [4.78, 5) is 20.5. The molecule has 0 spiro atoms. The van der Waals surface area contributed by atoms with Gasteiger partial charge < -0.3 is 0 Å². The van der Waals surface area contributed by atoms with Crippen molar-refractivity contribution in [2.24, 2.45) is 11.8 Å². The number of para-hydroxylation sites is 1. The number of pyridine rings is 1. The third-order valence-electron chi connectivity index (χ3n) is 10.5.